The van der Waals surface area contributed by atoms with E-state index in [9.17, 15) is 0 Å². The Morgan fingerprint density at radius 2 is 2.04 bits per heavy atom. The second-order valence-corrected chi connectivity index (χ2v) is 6.11. The zero-order valence-electron chi connectivity index (χ0n) is 16.2. The Kier molecular flexibility index (Phi) is 11.6. The molecule has 1 aliphatic heterocycles. The highest BCUT2D eigenvalue weighted by Crippen LogP contribution is 2.27. The van der Waals surface area contributed by atoms with Crippen molar-refractivity contribution in [3.8, 4) is 5.75 Å². The van der Waals surface area contributed by atoms with Gasteiger partial charge in [-0.3, -0.25) is 9.89 Å². The first-order chi connectivity index (χ1) is 12.3. The minimum absolute atomic E-state index is 0. The van der Waals surface area contributed by atoms with Crippen LogP contribution in [0.4, 0.5) is 0 Å². The molecule has 0 saturated carbocycles. The number of methoxy groups -OCH3 is 1. The topological polar surface area (TPSA) is 58.1 Å². The van der Waals surface area contributed by atoms with Gasteiger partial charge in [0.15, 0.2) is 5.96 Å². The fourth-order valence-corrected chi connectivity index (χ4v) is 3.16. The molecule has 7 heteroatoms. The van der Waals surface area contributed by atoms with E-state index in [0.29, 0.717) is 12.6 Å². The lowest BCUT2D eigenvalue weighted by molar-refractivity contribution is 0.152. The van der Waals surface area contributed by atoms with E-state index in [1.54, 1.807) is 14.2 Å². The van der Waals surface area contributed by atoms with E-state index in [0.717, 1.165) is 44.5 Å². The second-order valence-electron chi connectivity index (χ2n) is 6.11. The summed E-state index contributed by atoms with van der Waals surface area (Å²) in [6, 6.07) is 8.68. The highest BCUT2D eigenvalue weighted by atomic mass is 127. The molecule has 2 rings (SSSR count). The molecule has 1 aliphatic rings. The van der Waals surface area contributed by atoms with Gasteiger partial charge in [0, 0.05) is 26.7 Å². The van der Waals surface area contributed by atoms with Crippen LogP contribution in [-0.2, 0) is 4.74 Å². The van der Waals surface area contributed by atoms with Gasteiger partial charge in [0.05, 0.1) is 19.8 Å². The molecule has 0 amide bonds. The molecule has 26 heavy (non-hydrogen) atoms. The second kappa shape index (κ2) is 13.2. The van der Waals surface area contributed by atoms with E-state index in [2.05, 4.69) is 38.7 Å². The summed E-state index contributed by atoms with van der Waals surface area (Å²) in [6.07, 6.45) is 2.53. The maximum atomic E-state index is 5.40. The van der Waals surface area contributed by atoms with Crippen LogP contribution in [0.2, 0.25) is 0 Å². The number of aliphatic imine (C=N–C) groups is 1. The smallest absolute Gasteiger partial charge is 0.191 e. The monoisotopic (exact) mass is 476 g/mol. The molecule has 1 atom stereocenters. The van der Waals surface area contributed by atoms with Gasteiger partial charge in [0.25, 0.3) is 0 Å². The molecule has 6 nitrogen and oxygen atoms in total. The van der Waals surface area contributed by atoms with E-state index in [1.807, 2.05) is 13.0 Å². The van der Waals surface area contributed by atoms with E-state index in [4.69, 9.17) is 9.47 Å². The Morgan fingerprint density at radius 3 is 2.69 bits per heavy atom. The lowest BCUT2D eigenvalue weighted by Gasteiger charge is -2.29. The summed E-state index contributed by atoms with van der Waals surface area (Å²) in [5, 5.41) is 6.76. The van der Waals surface area contributed by atoms with Crippen LogP contribution in [0.5, 0.6) is 5.75 Å². The molecule has 0 spiro atoms. The van der Waals surface area contributed by atoms with Crippen LogP contribution in [0.25, 0.3) is 0 Å². The largest absolute Gasteiger partial charge is 0.497 e. The molecule has 148 valence electrons. The Hall–Kier alpha value is -1.06. The average Bonchev–Trinajstić information content (AvgIpc) is 3.18. The minimum Gasteiger partial charge on any atom is -0.497 e. The Labute approximate surface area is 174 Å². The Balaban J connectivity index is 0.00000338. The first-order valence-electron chi connectivity index (χ1n) is 9.18. The van der Waals surface area contributed by atoms with Gasteiger partial charge < -0.3 is 20.1 Å². The fraction of sp³-hybridized carbons (Fsp3) is 0.632. The van der Waals surface area contributed by atoms with Crippen LogP contribution in [0, 0.1) is 0 Å². The fourth-order valence-electron chi connectivity index (χ4n) is 3.16. The van der Waals surface area contributed by atoms with Crippen molar-refractivity contribution in [2.75, 3.05) is 53.6 Å². The van der Waals surface area contributed by atoms with Crippen molar-refractivity contribution in [1.82, 2.24) is 15.5 Å². The Bertz CT molecular complexity index is 536. The highest BCUT2D eigenvalue weighted by molar-refractivity contribution is 14.0. The van der Waals surface area contributed by atoms with Crippen molar-refractivity contribution in [3.63, 3.8) is 0 Å². The third-order valence-corrected chi connectivity index (χ3v) is 4.49. The zero-order chi connectivity index (χ0) is 17.9. The van der Waals surface area contributed by atoms with E-state index in [-0.39, 0.29) is 24.0 Å². The van der Waals surface area contributed by atoms with E-state index >= 15 is 0 Å². The summed E-state index contributed by atoms with van der Waals surface area (Å²) in [6.45, 7) is 7.26. The summed E-state index contributed by atoms with van der Waals surface area (Å²) in [4.78, 5) is 6.84. The number of nitrogens with zero attached hydrogens (tertiary/aromatic N) is 2. The van der Waals surface area contributed by atoms with Crippen LogP contribution >= 0.6 is 24.0 Å². The van der Waals surface area contributed by atoms with Gasteiger partial charge in [0.1, 0.15) is 5.75 Å². The van der Waals surface area contributed by atoms with E-state index < -0.39 is 0 Å². The number of benzene rings is 1. The molecule has 2 N–H and O–H groups in total. The van der Waals surface area contributed by atoms with Crippen LogP contribution < -0.4 is 15.4 Å². The number of nitrogens with one attached hydrogen (secondary N) is 2. The number of hydrogen-bond donors (Lipinski definition) is 2. The summed E-state index contributed by atoms with van der Waals surface area (Å²) < 4.78 is 10.8. The number of likely N-dealkylation sites (tertiary alicyclic amines) is 1. The lowest BCUT2D eigenvalue weighted by Crippen LogP contribution is -2.43. The van der Waals surface area contributed by atoms with Crippen molar-refractivity contribution in [3.05, 3.63) is 29.8 Å². The van der Waals surface area contributed by atoms with Crippen molar-refractivity contribution in [1.29, 1.82) is 0 Å². The molecular formula is C19H33IN4O2. The van der Waals surface area contributed by atoms with Crippen LogP contribution in [0.1, 0.15) is 31.4 Å². The molecule has 0 aromatic heterocycles. The molecule has 0 bridgehead atoms. The van der Waals surface area contributed by atoms with Gasteiger partial charge in [-0.25, -0.2) is 0 Å². The molecule has 1 aromatic carbocycles. The zero-order valence-corrected chi connectivity index (χ0v) is 18.5. The van der Waals surface area contributed by atoms with Gasteiger partial charge in [-0.1, -0.05) is 12.1 Å². The average molecular weight is 476 g/mol. The quantitative estimate of drug-likeness (QED) is 0.249. The van der Waals surface area contributed by atoms with Crippen molar-refractivity contribution < 1.29 is 9.47 Å². The van der Waals surface area contributed by atoms with Crippen LogP contribution in [0.15, 0.2) is 29.3 Å². The molecule has 1 heterocycles. The maximum Gasteiger partial charge on any atom is 0.191 e. The third-order valence-electron chi connectivity index (χ3n) is 4.49. The van der Waals surface area contributed by atoms with Crippen LogP contribution in [-0.4, -0.2) is 64.4 Å². The molecular weight excluding hydrogens is 443 g/mol. The molecule has 0 aliphatic carbocycles. The lowest BCUT2D eigenvalue weighted by atomic mass is 10.1. The summed E-state index contributed by atoms with van der Waals surface area (Å²) in [5.74, 6) is 1.72. The molecule has 0 radical (unpaired) electrons. The number of rotatable bonds is 9. The SMILES string of the molecule is CCOCCNC(=NC)NCC(c1cccc(OC)c1)N1CCCC1.I. The van der Waals surface area contributed by atoms with E-state index in [1.165, 1.54) is 18.4 Å². The normalized spacial score (nSPS) is 16.0. The number of hydrogen-bond acceptors (Lipinski definition) is 4. The maximum absolute atomic E-state index is 5.40. The van der Waals surface area contributed by atoms with Crippen molar-refractivity contribution in [2.45, 2.75) is 25.8 Å². The van der Waals surface area contributed by atoms with Crippen molar-refractivity contribution in [2.24, 2.45) is 4.99 Å². The predicted molar refractivity (Wildman–Crippen MR) is 118 cm³/mol. The van der Waals surface area contributed by atoms with Gasteiger partial charge in [-0.2, -0.15) is 0 Å². The van der Waals surface area contributed by atoms with Gasteiger partial charge >= 0.3 is 0 Å². The molecule has 1 saturated heterocycles. The standard InChI is InChI=1S/C19H32N4O2.HI/c1-4-25-13-10-21-19(20-2)22-15-18(23-11-5-6-12-23)16-8-7-9-17(14-16)24-3;/h7-9,14,18H,4-6,10-13,15H2,1-3H3,(H2,20,21,22);1H. The molecule has 1 unspecified atom stereocenters. The third kappa shape index (κ3) is 7.28. The minimum atomic E-state index is 0. The first kappa shape index (κ1) is 23.0. The van der Waals surface area contributed by atoms with Gasteiger partial charge in [-0.15, -0.1) is 24.0 Å². The summed E-state index contributed by atoms with van der Waals surface area (Å²) >= 11 is 0. The predicted octanol–water partition coefficient (Wildman–Crippen LogP) is 2.65. The molecule has 1 fully saturated rings. The summed E-state index contributed by atoms with van der Waals surface area (Å²) in [7, 11) is 3.51. The number of halogens is 1. The van der Waals surface area contributed by atoms with Crippen LogP contribution in [0.3, 0.4) is 0 Å². The number of ether oxygens (including phenoxy) is 2. The molecule has 1 aromatic rings. The van der Waals surface area contributed by atoms with Gasteiger partial charge in [0.2, 0.25) is 0 Å². The first-order valence-corrected chi connectivity index (χ1v) is 9.18. The highest BCUT2D eigenvalue weighted by Gasteiger charge is 2.24. The Morgan fingerprint density at radius 1 is 1.27 bits per heavy atom. The number of guanidine groups is 1. The van der Waals surface area contributed by atoms with Crippen molar-refractivity contribution >= 4 is 29.9 Å². The summed E-state index contributed by atoms with van der Waals surface area (Å²) in [5.41, 5.74) is 1.28. The van der Waals surface area contributed by atoms with Gasteiger partial charge in [-0.05, 0) is 50.6 Å².